The van der Waals surface area contributed by atoms with Crippen LogP contribution in [0.25, 0.3) is 0 Å². The van der Waals surface area contributed by atoms with Gasteiger partial charge < -0.3 is 9.80 Å². The van der Waals surface area contributed by atoms with Crippen LogP contribution in [-0.4, -0.2) is 45.7 Å². The van der Waals surface area contributed by atoms with E-state index in [1.165, 1.54) is 0 Å². The second kappa shape index (κ2) is 5.23. The van der Waals surface area contributed by atoms with E-state index in [9.17, 15) is 9.59 Å². The molecule has 0 bridgehead atoms. The first-order valence-electron chi connectivity index (χ1n) is 7.14. The number of piperidine rings is 1. The van der Waals surface area contributed by atoms with E-state index in [1.807, 2.05) is 13.0 Å². The lowest BCUT2D eigenvalue weighted by molar-refractivity contribution is -0.158. The number of pyridine rings is 1. The fourth-order valence-corrected chi connectivity index (χ4v) is 3.05. The largest absolute Gasteiger partial charge is 0.329 e. The van der Waals surface area contributed by atoms with Crippen molar-refractivity contribution in [3.05, 3.63) is 29.6 Å². The molecule has 5 nitrogen and oxygen atoms in total. The van der Waals surface area contributed by atoms with Gasteiger partial charge >= 0.3 is 0 Å². The lowest BCUT2D eigenvalue weighted by Gasteiger charge is -2.42. The Morgan fingerprint density at radius 3 is 3.00 bits per heavy atom. The lowest BCUT2D eigenvalue weighted by Crippen LogP contribution is -2.60. The lowest BCUT2D eigenvalue weighted by atomic mass is 9.98. The Morgan fingerprint density at radius 2 is 2.20 bits per heavy atom. The minimum absolute atomic E-state index is 0.0843. The number of aromatic nitrogens is 1. The smallest absolute Gasteiger partial charge is 0.246 e. The highest BCUT2D eigenvalue weighted by Crippen LogP contribution is 2.24. The normalized spacial score (nSPS) is 22.9. The van der Waals surface area contributed by atoms with Crippen molar-refractivity contribution < 1.29 is 9.59 Å². The average Bonchev–Trinajstić information content (AvgIpc) is 2.47. The van der Waals surface area contributed by atoms with Crippen LogP contribution < -0.4 is 0 Å². The molecule has 1 unspecified atom stereocenters. The maximum Gasteiger partial charge on any atom is 0.246 e. The summed E-state index contributed by atoms with van der Waals surface area (Å²) in [4.78, 5) is 32.2. The van der Waals surface area contributed by atoms with E-state index in [0.717, 1.165) is 36.9 Å². The third-order valence-corrected chi connectivity index (χ3v) is 4.24. The molecule has 2 fully saturated rings. The fourth-order valence-electron chi connectivity index (χ4n) is 3.05. The van der Waals surface area contributed by atoms with Crippen LogP contribution in [0.3, 0.4) is 0 Å². The first kappa shape index (κ1) is 13.1. The molecule has 2 amide bonds. The Hall–Kier alpha value is -1.91. The average molecular weight is 273 g/mol. The van der Waals surface area contributed by atoms with Gasteiger partial charge in [-0.05, 0) is 43.4 Å². The van der Waals surface area contributed by atoms with Crippen LogP contribution in [0.1, 0.15) is 30.4 Å². The van der Waals surface area contributed by atoms with E-state index in [2.05, 4.69) is 4.98 Å². The minimum atomic E-state index is -0.229. The van der Waals surface area contributed by atoms with Crippen molar-refractivity contribution in [3.63, 3.8) is 0 Å². The van der Waals surface area contributed by atoms with Crippen molar-refractivity contribution in [2.24, 2.45) is 0 Å². The summed E-state index contributed by atoms with van der Waals surface area (Å²) in [6.07, 6.45) is 6.36. The predicted octanol–water partition coefficient (Wildman–Crippen LogP) is 1.11. The maximum absolute atomic E-state index is 12.5. The highest BCUT2D eigenvalue weighted by molar-refractivity contribution is 5.95. The van der Waals surface area contributed by atoms with E-state index in [4.69, 9.17) is 0 Å². The van der Waals surface area contributed by atoms with Crippen LogP contribution in [0.5, 0.6) is 0 Å². The number of rotatable bonds is 2. The van der Waals surface area contributed by atoms with Gasteiger partial charge in [-0.25, -0.2) is 0 Å². The molecular weight excluding hydrogens is 254 g/mol. The standard InChI is InChI=1S/C15H19N3O2/c1-11-8-16-6-5-12(11)9-17-10-14(19)18-7-3-2-4-13(18)15(17)20/h5-6,8,13H,2-4,7,9-10H2,1H3. The molecule has 0 spiro atoms. The van der Waals surface area contributed by atoms with E-state index < -0.39 is 0 Å². The molecule has 0 radical (unpaired) electrons. The van der Waals surface area contributed by atoms with Crippen LogP contribution in [-0.2, 0) is 16.1 Å². The number of carbonyl (C=O) groups excluding carboxylic acids is 2. The van der Waals surface area contributed by atoms with Crippen LogP contribution in [0.4, 0.5) is 0 Å². The number of aryl methyl sites for hydroxylation is 1. The molecule has 0 saturated carbocycles. The number of nitrogens with zero attached hydrogens (tertiary/aromatic N) is 3. The quantitative estimate of drug-likeness (QED) is 0.811. The molecule has 2 aliphatic heterocycles. The van der Waals surface area contributed by atoms with E-state index in [1.54, 1.807) is 22.2 Å². The van der Waals surface area contributed by atoms with Gasteiger partial charge in [-0.1, -0.05) is 0 Å². The Labute approximate surface area is 118 Å². The number of fused-ring (bicyclic) bond motifs is 1. The molecule has 1 aromatic rings. The van der Waals surface area contributed by atoms with Gasteiger partial charge in [0.15, 0.2) is 0 Å². The highest BCUT2D eigenvalue weighted by Gasteiger charge is 2.40. The monoisotopic (exact) mass is 273 g/mol. The van der Waals surface area contributed by atoms with E-state index in [-0.39, 0.29) is 24.4 Å². The van der Waals surface area contributed by atoms with Gasteiger partial charge in [0.05, 0.1) is 0 Å². The SMILES string of the molecule is Cc1cnccc1CN1CC(=O)N2CCCCC2C1=O. The molecule has 0 aromatic carbocycles. The van der Waals surface area contributed by atoms with Gasteiger partial charge in [0, 0.05) is 25.5 Å². The Balaban J connectivity index is 1.79. The first-order valence-corrected chi connectivity index (χ1v) is 7.14. The summed E-state index contributed by atoms with van der Waals surface area (Å²) in [6, 6.07) is 1.69. The van der Waals surface area contributed by atoms with Crippen LogP contribution in [0.2, 0.25) is 0 Å². The number of hydrogen-bond donors (Lipinski definition) is 0. The molecule has 3 heterocycles. The summed E-state index contributed by atoms with van der Waals surface area (Å²) < 4.78 is 0. The highest BCUT2D eigenvalue weighted by atomic mass is 16.2. The molecule has 2 aliphatic rings. The first-order chi connectivity index (χ1) is 9.66. The number of piperazine rings is 1. The maximum atomic E-state index is 12.5. The minimum Gasteiger partial charge on any atom is -0.329 e. The second-order valence-electron chi connectivity index (χ2n) is 5.60. The summed E-state index contributed by atoms with van der Waals surface area (Å²) >= 11 is 0. The molecule has 106 valence electrons. The fraction of sp³-hybridized carbons (Fsp3) is 0.533. The Morgan fingerprint density at radius 1 is 1.35 bits per heavy atom. The van der Waals surface area contributed by atoms with Crippen LogP contribution >= 0.6 is 0 Å². The van der Waals surface area contributed by atoms with Gasteiger partial charge in [0.25, 0.3) is 0 Å². The van der Waals surface area contributed by atoms with Crippen molar-refractivity contribution in [2.75, 3.05) is 13.1 Å². The zero-order valence-electron chi connectivity index (χ0n) is 11.7. The summed E-state index contributed by atoms with van der Waals surface area (Å²) in [6.45, 7) is 3.42. The van der Waals surface area contributed by atoms with Crippen molar-refractivity contribution >= 4 is 11.8 Å². The van der Waals surface area contributed by atoms with Gasteiger partial charge in [-0.15, -0.1) is 0 Å². The third kappa shape index (κ3) is 2.28. The van der Waals surface area contributed by atoms with Crippen molar-refractivity contribution in [3.8, 4) is 0 Å². The molecule has 5 heteroatoms. The van der Waals surface area contributed by atoms with E-state index >= 15 is 0 Å². The topological polar surface area (TPSA) is 53.5 Å². The van der Waals surface area contributed by atoms with Crippen molar-refractivity contribution in [2.45, 2.75) is 38.8 Å². The van der Waals surface area contributed by atoms with Gasteiger partial charge in [0.2, 0.25) is 11.8 Å². The van der Waals surface area contributed by atoms with Crippen LogP contribution in [0, 0.1) is 6.92 Å². The summed E-state index contributed by atoms with van der Waals surface area (Å²) in [5, 5.41) is 0. The molecule has 1 aromatic heterocycles. The Kier molecular flexibility index (Phi) is 3.42. The molecule has 3 rings (SSSR count). The molecule has 1 atom stereocenters. The summed E-state index contributed by atoms with van der Waals surface area (Å²) in [7, 11) is 0. The molecule has 2 saturated heterocycles. The zero-order valence-corrected chi connectivity index (χ0v) is 11.7. The predicted molar refractivity (Wildman–Crippen MR) is 73.7 cm³/mol. The third-order valence-electron chi connectivity index (χ3n) is 4.24. The molecule has 0 N–H and O–H groups in total. The Bertz CT molecular complexity index is 544. The zero-order chi connectivity index (χ0) is 14.1. The van der Waals surface area contributed by atoms with Gasteiger partial charge in [-0.3, -0.25) is 14.6 Å². The van der Waals surface area contributed by atoms with Crippen molar-refractivity contribution in [1.29, 1.82) is 0 Å². The number of carbonyl (C=O) groups is 2. The van der Waals surface area contributed by atoms with Crippen molar-refractivity contribution in [1.82, 2.24) is 14.8 Å². The molecule has 0 aliphatic carbocycles. The second-order valence-corrected chi connectivity index (χ2v) is 5.60. The molecule has 20 heavy (non-hydrogen) atoms. The number of hydrogen-bond acceptors (Lipinski definition) is 3. The summed E-state index contributed by atoms with van der Waals surface area (Å²) in [5.74, 6) is 0.182. The van der Waals surface area contributed by atoms with E-state index in [0.29, 0.717) is 6.54 Å². The van der Waals surface area contributed by atoms with Gasteiger partial charge in [-0.2, -0.15) is 0 Å². The summed E-state index contributed by atoms with van der Waals surface area (Å²) in [5.41, 5.74) is 2.12. The van der Waals surface area contributed by atoms with Crippen LogP contribution in [0.15, 0.2) is 18.5 Å². The molecular formula is C15H19N3O2. The van der Waals surface area contributed by atoms with Gasteiger partial charge in [0.1, 0.15) is 12.6 Å². The number of amides is 2.